The van der Waals surface area contributed by atoms with Crippen molar-refractivity contribution in [2.45, 2.75) is 44.9 Å². The van der Waals surface area contributed by atoms with E-state index < -0.39 is 0 Å². The third kappa shape index (κ3) is 2.26. The fourth-order valence-electron chi connectivity index (χ4n) is 4.66. The predicted octanol–water partition coefficient (Wildman–Crippen LogP) is 4.37. The lowest BCUT2D eigenvalue weighted by atomic mass is 9.58. The Morgan fingerprint density at radius 3 is 2.71 bits per heavy atom. The summed E-state index contributed by atoms with van der Waals surface area (Å²) in [7, 11) is 0. The highest BCUT2D eigenvalue weighted by atomic mass is 16.1. The summed E-state index contributed by atoms with van der Waals surface area (Å²) in [6.07, 6.45) is 15.8. The zero-order chi connectivity index (χ0) is 16.7. The fourth-order valence-corrected chi connectivity index (χ4v) is 4.66. The summed E-state index contributed by atoms with van der Waals surface area (Å²) < 4.78 is 0. The van der Waals surface area contributed by atoms with Crippen molar-refractivity contribution < 1.29 is 4.79 Å². The van der Waals surface area contributed by atoms with E-state index >= 15 is 0 Å². The number of ketones is 1. The van der Waals surface area contributed by atoms with E-state index in [1.807, 2.05) is 6.08 Å². The third-order valence-corrected chi connectivity index (χ3v) is 6.00. The molecular weight excluding hydrogens is 296 g/mol. The molecule has 3 heteroatoms. The second-order valence-corrected chi connectivity index (χ2v) is 7.43. The van der Waals surface area contributed by atoms with Crippen LogP contribution in [0.5, 0.6) is 0 Å². The molecule has 0 bridgehead atoms. The molecule has 0 aromatic rings. The van der Waals surface area contributed by atoms with Crippen molar-refractivity contribution in [1.29, 1.82) is 0 Å². The van der Waals surface area contributed by atoms with Crippen LogP contribution in [-0.4, -0.2) is 12.5 Å². The number of carbonyl (C=O) groups is 1. The molecule has 3 aliphatic carbocycles. The lowest BCUT2D eigenvalue weighted by molar-refractivity contribution is -0.120. The number of aliphatic imine (C=N–C) groups is 1. The molecule has 0 radical (unpaired) electrons. The maximum atomic E-state index is 13.1. The Hall–Kier alpha value is -2.16. The topological polar surface area (TPSA) is 41.5 Å². The summed E-state index contributed by atoms with van der Waals surface area (Å²) in [5, 5.41) is 3.42. The first kappa shape index (κ1) is 15.4. The Balaban J connectivity index is 1.83. The van der Waals surface area contributed by atoms with E-state index in [2.05, 4.69) is 41.8 Å². The smallest absolute Gasteiger partial charge is 0.162 e. The molecule has 1 atom stereocenters. The first-order chi connectivity index (χ1) is 11.7. The molecule has 4 rings (SSSR count). The lowest BCUT2D eigenvalue weighted by Gasteiger charge is -2.47. The monoisotopic (exact) mass is 320 g/mol. The average molecular weight is 320 g/mol. The summed E-state index contributed by atoms with van der Waals surface area (Å²) in [6.45, 7) is 7.70. The quantitative estimate of drug-likeness (QED) is 0.785. The lowest BCUT2D eigenvalue weighted by Crippen LogP contribution is -2.43. The number of nitrogens with zero attached hydrogens (tertiary/aromatic N) is 1. The SMILES string of the molecule is C=CC1=C(N=C)NC2=C(C(=O)CC3(CCC3)C2)[C@@H]1C1=CCCC=C1. The second-order valence-electron chi connectivity index (χ2n) is 7.43. The van der Waals surface area contributed by atoms with Gasteiger partial charge in [-0.05, 0) is 49.8 Å². The molecule has 0 saturated heterocycles. The highest BCUT2D eigenvalue weighted by molar-refractivity contribution is 6.00. The molecule has 1 heterocycles. The van der Waals surface area contributed by atoms with Crippen LogP contribution in [0.1, 0.15) is 44.9 Å². The number of allylic oxidation sites excluding steroid dienone is 8. The van der Waals surface area contributed by atoms with Crippen LogP contribution < -0.4 is 5.32 Å². The molecule has 1 aliphatic heterocycles. The Morgan fingerprint density at radius 2 is 2.12 bits per heavy atom. The van der Waals surface area contributed by atoms with Crippen LogP contribution in [0.15, 0.2) is 64.1 Å². The molecule has 0 unspecified atom stereocenters. The van der Waals surface area contributed by atoms with Crippen molar-refractivity contribution in [3.63, 3.8) is 0 Å². The zero-order valence-corrected chi connectivity index (χ0v) is 14.1. The van der Waals surface area contributed by atoms with Gasteiger partial charge in [0, 0.05) is 29.2 Å². The molecule has 1 N–H and O–H groups in total. The number of Topliss-reactive ketones (excluding diaryl/α,β-unsaturated/α-hetero) is 1. The number of hydrogen-bond donors (Lipinski definition) is 1. The van der Waals surface area contributed by atoms with E-state index in [9.17, 15) is 4.79 Å². The molecule has 124 valence electrons. The first-order valence-corrected chi connectivity index (χ1v) is 8.91. The van der Waals surface area contributed by atoms with Gasteiger partial charge in [0.1, 0.15) is 5.82 Å². The van der Waals surface area contributed by atoms with Gasteiger partial charge in [0.15, 0.2) is 5.78 Å². The number of hydrogen-bond acceptors (Lipinski definition) is 3. The zero-order valence-electron chi connectivity index (χ0n) is 14.1. The van der Waals surface area contributed by atoms with Crippen molar-refractivity contribution in [1.82, 2.24) is 5.32 Å². The van der Waals surface area contributed by atoms with Crippen molar-refractivity contribution in [2.24, 2.45) is 16.3 Å². The van der Waals surface area contributed by atoms with Crippen LogP contribution in [0.2, 0.25) is 0 Å². The van der Waals surface area contributed by atoms with Crippen LogP contribution in [-0.2, 0) is 4.79 Å². The third-order valence-electron chi connectivity index (χ3n) is 6.00. The molecule has 3 nitrogen and oxygen atoms in total. The highest BCUT2D eigenvalue weighted by Gasteiger charge is 2.47. The van der Waals surface area contributed by atoms with Crippen LogP contribution in [0.3, 0.4) is 0 Å². The Kier molecular flexibility index (Phi) is 3.67. The molecule has 1 spiro atoms. The average Bonchev–Trinajstić information content (AvgIpc) is 2.59. The normalized spacial score (nSPS) is 28.1. The Morgan fingerprint density at radius 1 is 1.29 bits per heavy atom. The van der Waals surface area contributed by atoms with Gasteiger partial charge in [-0.15, -0.1) is 0 Å². The van der Waals surface area contributed by atoms with Gasteiger partial charge in [-0.25, -0.2) is 4.99 Å². The summed E-state index contributed by atoms with van der Waals surface area (Å²) in [4.78, 5) is 17.3. The van der Waals surface area contributed by atoms with Gasteiger partial charge in [0.25, 0.3) is 0 Å². The maximum Gasteiger partial charge on any atom is 0.162 e. The number of nitrogens with one attached hydrogen (secondary N) is 1. The van der Waals surface area contributed by atoms with Crippen LogP contribution >= 0.6 is 0 Å². The van der Waals surface area contributed by atoms with Gasteiger partial charge in [0.05, 0.1) is 0 Å². The van der Waals surface area contributed by atoms with Crippen LogP contribution in [0, 0.1) is 11.3 Å². The Labute approximate surface area is 143 Å². The van der Waals surface area contributed by atoms with Gasteiger partial charge < -0.3 is 5.32 Å². The summed E-state index contributed by atoms with van der Waals surface area (Å²) in [6, 6.07) is 0. The van der Waals surface area contributed by atoms with Crippen molar-refractivity contribution in [3.05, 3.63) is 59.1 Å². The summed E-state index contributed by atoms with van der Waals surface area (Å²) in [5.41, 5.74) is 4.38. The molecule has 4 aliphatic rings. The minimum atomic E-state index is -0.0410. The molecule has 24 heavy (non-hydrogen) atoms. The van der Waals surface area contributed by atoms with Crippen LogP contribution in [0.4, 0.5) is 0 Å². The number of dihydropyridines is 1. The van der Waals surface area contributed by atoms with E-state index in [0.717, 1.165) is 41.9 Å². The standard InChI is InChI=1S/C21H24N2O/c1-3-15-18(14-8-5-4-6-9-14)19-16(23-20(15)22-2)12-21(10-7-11-21)13-17(19)24/h3,5,8-9,18,23H,1-2,4,6-7,10-13H2/t18-/m1/s1. The summed E-state index contributed by atoms with van der Waals surface area (Å²) >= 11 is 0. The Bertz CT molecular complexity index is 744. The first-order valence-electron chi connectivity index (χ1n) is 8.91. The van der Waals surface area contributed by atoms with E-state index in [-0.39, 0.29) is 11.3 Å². The number of rotatable bonds is 3. The largest absolute Gasteiger partial charge is 0.343 e. The van der Waals surface area contributed by atoms with Gasteiger partial charge in [-0.3, -0.25) is 4.79 Å². The molecule has 1 fully saturated rings. The fraction of sp³-hybridized carbons (Fsp3) is 0.429. The van der Waals surface area contributed by atoms with Gasteiger partial charge in [-0.1, -0.05) is 37.3 Å². The minimum absolute atomic E-state index is 0.0410. The predicted molar refractivity (Wildman–Crippen MR) is 97.4 cm³/mol. The number of carbonyl (C=O) groups excluding carboxylic acids is 1. The van der Waals surface area contributed by atoms with Gasteiger partial charge >= 0.3 is 0 Å². The van der Waals surface area contributed by atoms with Crippen molar-refractivity contribution in [2.75, 3.05) is 0 Å². The van der Waals surface area contributed by atoms with E-state index in [1.54, 1.807) is 0 Å². The minimum Gasteiger partial charge on any atom is -0.343 e. The van der Waals surface area contributed by atoms with Crippen LogP contribution in [0.25, 0.3) is 0 Å². The molecule has 1 saturated carbocycles. The van der Waals surface area contributed by atoms with E-state index in [1.165, 1.54) is 24.8 Å². The molecule has 0 amide bonds. The molecule has 0 aromatic heterocycles. The maximum absolute atomic E-state index is 13.1. The van der Waals surface area contributed by atoms with Gasteiger partial charge in [0.2, 0.25) is 0 Å². The highest BCUT2D eigenvalue weighted by Crippen LogP contribution is 2.54. The van der Waals surface area contributed by atoms with Crippen molar-refractivity contribution in [3.8, 4) is 0 Å². The van der Waals surface area contributed by atoms with Gasteiger partial charge in [-0.2, -0.15) is 0 Å². The van der Waals surface area contributed by atoms with Crippen molar-refractivity contribution >= 4 is 12.5 Å². The second kappa shape index (κ2) is 5.73. The molecular formula is C21H24N2O. The molecule has 0 aromatic carbocycles. The van der Waals surface area contributed by atoms with E-state index in [4.69, 9.17) is 0 Å². The van der Waals surface area contributed by atoms with E-state index in [0.29, 0.717) is 12.2 Å². The summed E-state index contributed by atoms with van der Waals surface area (Å²) in [5.74, 6) is 1.02.